The van der Waals surface area contributed by atoms with Crippen molar-refractivity contribution < 1.29 is 4.79 Å². The zero-order valence-corrected chi connectivity index (χ0v) is 8.78. The SMILES string of the molecule is NC(=O)Nc1ccccc1.c1cscn1. The second-order valence-electron chi connectivity index (χ2n) is 2.53. The van der Waals surface area contributed by atoms with E-state index in [2.05, 4.69) is 10.3 Å². The van der Waals surface area contributed by atoms with Crippen molar-refractivity contribution in [3.05, 3.63) is 47.4 Å². The standard InChI is InChI=1S/C7H8N2O.C3H3NS/c8-7(10)9-6-4-2-1-3-5-6;1-2-5-3-4-1/h1-5H,(H3,8,9,10);1-3H. The lowest BCUT2D eigenvalue weighted by molar-refractivity contribution is 0.259. The second kappa shape index (κ2) is 6.56. The zero-order valence-electron chi connectivity index (χ0n) is 7.96. The molecule has 2 aromatic rings. The minimum Gasteiger partial charge on any atom is -0.351 e. The van der Waals surface area contributed by atoms with Crippen LogP contribution in [-0.2, 0) is 0 Å². The molecule has 1 heterocycles. The van der Waals surface area contributed by atoms with Crippen LogP contribution in [-0.4, -0.2) is 11.0 Å². The molecule has 5 heteroatoms. The van der Waals surface area contributed by atoms with E-state index in [4.69, 9.17) is 5.73 Å². The summed E-state index contributed by atoms with van der Waals surface area (Å²) in [6, 6.07) is 8.52. The third-order valence-electron chi connectivity index (χ3n) is 1.39. The topological polar surface area (TPSA) is 68.0 Å². The molecule has 1 aromatic carbocycles. The fourth-order valence-corrected chi connectivity index (χ4v) is 1.19. The first-order chi connectivity index (χ1) is 7.29. The number of anilines is 1. The lowest BCUT2D eigenvalue weighted by Gasteiger charge is -1.97. The number of rotatable bonds is 1. The molecule has 1 aromatic heterocycles. The Morgan fingerprint density at radius 3 is 2.47 bits per heavy atom. The lowest BCUT2D eigenvalue weighted by atomic mass is 10.3. The highest BCUT2D eigenvalue weighted by Crippen LogP contribution is 2.03. The number of carbonyl (C=O) groups is 1. The van der Waals surface area contributed by atoms with E-state index in [9.17, 15) is 4.79 Å². The number of thiazole rings is 1. The number of nitrogens with one attached hydrogen (secondary N) is 1. The summed E-state index contributed by atoms with van der Waals surface area (Å²) in [6.07, 6.45) is 1.77. The van der Waals surface area contributed by atoms with Gasteiger partial charge in [-0.2, -0.15) is 0 Å². The van der Waals surface area contributed by atoms with Crippen LogP contribution in [0.2, 0.25) is 0 Å². The van der Waals surface area contributed by atoms with E-state index in [0.29, 0.717) is 0 Å². The van der Waals surface area contributed by atoms with Gasteiger partial charge in [0.15, 0.2) is 0 Å². The average Bonchev–Trinajstić information content (AvgIpc) is 2.76. The van der Waals surface area contributed by atoms with Crippen molar-refractivity contribution in [1.29, 1.82) is 0 Å². The Morgan fingerprint density at radius 2 is 2.07 bits per heavy atom. The van der Waals surface area contributed by atoms with E-state index in [1.54, 1.807) is 35.2 Å². The van der Waals surface area contributed by atoms with Crippen LogP contribution in [0.4, 0.5) is 10.5 Å². The van der Waals surface area contributed by atoms with E-state index in [1.807, 2.05) is 23.6 Å². The molecule has 2 amide bonds. The van der Waals surface area contributed by atoms with Gasteiger partial charge in [0.25, 0.3) is 0 Å². The van der Waals surface area contributed by atoms with E-state index >= 15 is 0 Å². The predicted octanol–water partition coefficient (Wildman–Crippen LogP) is 2.32. The van der Waals surface area contributed by atoms with Crippen molar-refractivity contribution in [3.8, 4) is 0 Å². The number of para-hydroxylation sites is 1. The molecule has 0 fully saturated rings. The van der Waals surface area contributed by atoms with Crippen LogP contribution in [0.3, 0.4) is 0 Å². The molecule has 0 aliphatic heterocycles. The number of carbonyl (C=O) groups excluding carboxylic acids is 1. The number of primary amides is 1. The van der Waals surface area contributed by atoms with Crippen molar-refractivity contribution in [1.82, 2.24) is 4.98 Å². The van der Waals surface area contributed by atoms with Crippen LogP contribution in [0.25, 0.3) is 0 Å². The maximum atomic E-state index is 10.3. The summed E-state index contributed by atoms with van der Waals surface area (Å²) in [6.45, 7) is 0. The third-order valence-corrected chi connectivity index (χ3v) is 1.91. The van der Waals surface area contributed by atoms with Gasteiger partial charge in [0.2, 0.25) is 0 Å². The first-order valence-corrected chi connectivity index (χ1v) is 5.17. The van der Waals surface area contributed by atoms with Crippen LogP contribution in [0, 0.1) is 0 Å². The number of nitrogens with zero attached hydrogens (tertiary/aromatic N) is 1. The van der Waals surface area contributed by atoms with E-state index in [1.165, 1.54) is 0 Å². The van der Waals surface area contributed by atoms with Crippen molar-refractivity contribution in [2.75, 3.05) is 5.32 Å². The molecule has 3 N–H and O–H groups in total. The summed E-state index contributed by atoms with van der Waals surface area (Å²) in [4.78, 5) is 14.0. The minimum absolute atomic E-state index is 0.536. The summed E-state index contributed by atoms with van der Waals surface area (Å²) >= 11 is 1.60. The van der Waals surface area contributed by atoms with E-state index in [0.717, 1.165) is 5.69 Å². The number of benzene rings is 1. The molecule has 0 atom stereocenters. The number of hydrogen-bond donors (Lipinski definition) is 2. The normalized spacial score (nSPS) is 8.53. The third kappa shape index (κ3) is 5.43. The quantitative estimate of drug-likeness (QED) is 0.776. The highest BCUT2D eigenvalue weighted by atomic mass is 32.1. The fourth-order valence-electron chi connectivity index (χ4n) is 0.839. The molecule has 0 aliphatic rings. The van der Waals surface area contributed by atoms with Crippen molar-refractivity contribution >= 4 is 23.1 Å². The molecule has 0 aliphatic carbocycles. The fraction of sp³-hybridized carbons (Fsp3) is 0. The average molecular weight is 221 g/mol. The van der Waals surface area contributed by atoms with Gasteiger partial charge in [-0.25, -0.2) is 4.79 Å². The maximum Gasteiger partial charge on any atom is 0.316 e. The molecule has 0 spiro atoms. The van der Waals surface area contributed by atoms with Gasteiger partial charge in [-0.05, 0) is 12.1 Å². The maximum absolute atomic E-state index is 10.3. The Kier molecular flexibility index (Phi) is 4.89. The summed E-state index contributed by atoms with van der Waals surface area (Å²) < 4.78 is 0. The summed E-state index contributed by atoms with van der Waals surface area (Å²) in [5, 5.41) is 4.37. The van der Waals surface area contributed by atoms with Gasteiger partial charge in [-0.3, -0.25) is 4.98 Å². The number of amides is 2. The summed E-state index contributed by atoms with van der Waals surface area (Å²) in [5.41, 5.74) is 7.38. The molecule has 15 heavy (non-hydrogen) atoms. The smallest absolute Gasteiger partial charge is 0.316 e. The largest absolute Gasteiger partial charge is 0.351 e. The molecule has 0 saturated heterocycles. The minimum atomic E-state index is -0.536. The van der Waals surface area contributed by atoms with Crippen LogP contribution < -0.4 is 11.1 Å². The van der Waals surface area contributed by atoms with Gasteiger partial charge in [0.05, 0.1) is 5.51 Å². The van der Waals surface area contributed by atoms with Crippen molar-refractivity contribution in [3.63, 3.8) is 0 Å². The van der Waals surface area contributed by atoms with Gasteiger partial charge in [0.1, 0.15) is 0 Å². The molecule has 4 nitrogen and oxygen atoms in total. The molecule has 2 rings (SSSR count). The van der Waals surface area contributed by atoms with Gasteiger partial charge in [0, 0.05) is 17.3 Å². The molecular weight excluding hydrogens is 210 g/mol. The van der Waals surface area contributed by atoms with Gasteiger partial charge in [-0.1, -0.05) is 18.2 Å². The van der Waals surface area contributed by atoms with Gasteiger partial charge in [-0.15, -0.1) is 11.3 Å². The monoisotopic (exact) mass is 221 g/mol. The Bertz CT molecular complexity index is 358. The molecular formula is C10H11N3OS. The predicted molar refractivity (Wildman–Crippen MR) is 61.8 cm³/mol. The van der Waals surface area contributed by atoms with Crippen LogP contribution in [0.5, 0.6) is 0 Å². The van der Waals surface area contributed by atoms with Crippen molar-refractivity contribution in [2.24, 2.45) is 5.73 Å². The Hall–Kier alpha value is -1.88. The highest BCUT2D eigenvalue weighted by Gasteiger charge is 1.90. The molecule has 0 radical (unpaired) electrons. The van der Waals surface area contributed by atoms with Crippen LogP contribution >= 0.6 is 11.3 Å². The van der Waals surface area contributed by atoms with Crippen LogP contribution in [0.1, 0.15) is 0 Å². The van der Waals surface area contributed by atoms with Crippen LogP contribution in [0.15, 0.2) is 47.4 Å². The lowest BCUT2D eigenvalue weighted by Crippen LogP contribution is -2.18. The molecule has 0 bridgehead atoms. The number of nitrogens with two attached hydrogens (primary N) is 1. The zero-order chi connectivity index (χ0) is 10.9. The number of urea groups is 1. The molecule has 78 valence electrons. The molecule has 0 unspecified atom stereocenters. The number of hydrogen-bond acceptors (Lipinski definition) is 3. The first kappa shape index (κ1) is 11.2. The van der Waals surface area contributed by atoms with E-state index < -0.39 is 6.03 Å². The summed E-state index contributed by atoms with van der Waals surface area (Å²) in [5.74, 6) is 0. The summed E-state index contributed by atoms with van der Waals surface area (Å²) in [7, 11) is 0. The van der Waals surface area contributed by atoms with Crippen molar-refractivity contribution in [2.45, 2.75) is 0 Å². The molecule has 0 saturated carbocycles. The van der Waals surface area contributed by atoms with Gasteiger partial charge < -0.3 is 11.1 Å². The van der Waals surface area contributed by atoms with E-state index in [-0.39, 0.29) is 0 Å². The first-order valence-electron chi connectivity index (χ1n) is 4.22. The second-order valence-corrected chi connectivity index (χ2v) is 3.29. The Morgan fingerprint density at radius 1 is 1.33 bits per heavy atom. The number of aromatic nitrogens is 1. The Balaban J connectivity index is 0.000000187. The van der Waals surface area contributed by atoms with Gasteiger partial charge >= 0.3 is 6.03 Å². The Labute approximate surface area is 91.8 Å². The highest BCUT2D eigenvalue weighted by molar-refractivity contribution is 7.07.